The summed E-state index contributed by atoms with van der Waals surface area (Å²) in [6.07, 6.45) is 7.00. The number of imidazole rings is 1. The number of rotatable bonds is 3. The fraction of sp³-hybridized carbons (Fsp3) is 0.750. The van der Waals surface area contributed by atoms with Crippen molar-refractivity contribution < 1.29 is 4.79 Å². The van der Waals surface area contributed by atoms with E-state index >= 15 is 0 Å². The van der Waals surface area contributed by atoms with Crippen LogP contribution in [0.2, 0.25) is 0 Å². The van der Waals surface area contributed by atoms with Gasteiger partial charge in [0, 0.05) is 44.5 Å². The Morgan fingerprint density at radius 2 is 2.18 bits per heavy atom. The zero-order valence-electron chi connectivity index (χ0n) is 13.5. The van der Waals surface area contributed by atoms with Gasteiger partial charge in [-0.2, -0.15) is 0 Å². The molecule has 6 nitrogen and oxygen atoms in total. The molecule has 6 heteroatoms. The van der Waals surface area contributed by atoms with Gasteiger partial charge in [0.1, 0.15) is 5.82 Å². The molecule has 0 saturated carbocycles. The number of aromatic nitrogens is 2. The molecule has 3 rings (SSSR count). The largest absolute Gasteiger partial charge is 0.348 e. The summed E-state index contributed by atoms with van der Waals surface area (Å²) in [5.41, 5.74) is 0. The number of nitrogens with one attached hydrogen (secondary N) is 1. The topological polar surface area (TPSA) is 55.5 Å². The molecule has 2 aliphatic rings. The highest BCUT2D eigenvalue weighted by atomic mass is 16.2. The smallest absolute Gasteiger partial charge is 0.236 e. The lowest BCUT2D eigenvalue weighted by atomic mass is 9.97. The second-order valence-corrected chi connectivity index (χ2v) is 6.59. The van der Waals surface area contributed by atoms with Crippen LogP contribution in [0.15, 0.2) is 12.4 Å². The SMILES string of the molecule is CN1CCCN(CC(=O)N2CCC[C@@H](c3ncc[nH]3)C2)CC1. The molecule has 122 valence electrons. The van der Waals surface area contributed by atoms with E-state index in [1.807, 2.05) is 11.1 Å². The zero-order valence-corrected chi connectivity index (χ0v) is 13.5. The molecule has 0 radical (unpaired) electrons. The van der Waals surface area contributed by atoms with Crippen molar-refractivity contribution >= 4 is 5.91 Å². The van der Waals surface area contributed by atoms with E-state index in [0.717, 1.165) is 64.4 Å². The van der Waals surface area contributed by atoms with Crippen molar-refractivity contribution in [3.05, 3.63) is 18.2 Å². The van der Waals surface area contributed by atoms with Crippen molar-refractivity contribution in [3.63, 3.8) is 0 Å². The van der Waals surface area contributed by atoms with Gasteiger partial charge in [0.05, 0.1) is 6.54 Å². The number of hydrogen-bond donors (Lipinski definition) is 1. The van der Waals surface area contributed by atoms with Gasteiger partial charge < -0.3 is 14.8 Å². The molecule has 0 aliphatic carbocycles. The van der Waals surface area contributed by atoms with Crippen LogP contribution in [-0.2, 0) is 4.79 Å². The van der Waals surface area contributed by atoms with Crippen LogP contribution in [0.5, 0.6) is 0 Å². The number of H-pyrrole nitrogens is 1. The Balaban J connectivity index is 1.53. The van der Waals surface area contributed by atoms with Gasteiger partial charge >= 0.3 is 0 Å². The standard InChI is InChI=1S/C16H27N5O/c1-19-7-3-8-20(11-10-19)13-15(22)21-9-2-4-14(12-21)16-17-5-6-18-16/h5-6,14H,2-4,7-13H2,1H3,(H,17,18)/t14-/m1/s1. The molecule has 1 aromatic heterocycles. The van der Waals surface area contributed by atoms with E-state index in [1.165, 1.54) is 0 Å². The average Bonchev–Trinajstić information content (AvgIpc) is 2.99. The fourth-order valence-corrected chi connectivity index (χ4v) is 3.48. The Kier molecular flexibility index (Phi) is 5.10. The van der Waals surface area contributed by atoms with E-state index in [2.05, 4.69) is 26.8 Å². The molecule has 0 aromatic carbocycles. The fourth-order valence-electron chi connectivity index (χ4n) is 3.48. The minimum absolute atomic E-state index is 0.279. The first-order chi connectivity index (χ1) is 10.7. The predicted octanol–water partition coefficient (Wildman–Crippen LogP) is 0.753. The molecule has 22 heavy (non-hydrogen) atoms. The normalized spacial score (nSPS) is 25.1. The van der Waals surface area contributed by atoms with Crippen LogP contribution >= 0.6 is 0 Å². The monoisotopic (exact) mass is 305 g/mol. The summed E-state index contributed by atoms with van der Waals surface area (Å²) in [6.45, 7) is 6.49. The van der Waals surface area contributed by atoms with E-state index in [9.17, 15) is 4.79 Å². The van der Waals surface area contributed by atoms with Crippen molar-refractivity contribution in [1.82, 2.24) is 24.7 Å². The lowest BCUT2D eigenvalue weighted by molar-refractivity contribution is -0.133. The van der Waals surface area contributed by atoms with Crippen LogP contribution in [0.3, 0.4) is 0 Å². The molecule has 1 N–H and O–H groups in total. The van der Waals surface area contributed by atoms with Crippen LogP contribution in [0.25, 0.3) is 0 Å². The molecular weight excluding hydrogens is 278 g/mol. The second kappa shape index (κ2) is 7.24. The first kappa shape index (κ1) is 15.5. The number of carbonyl (C=O) groups is 1. The number of likely N-dealkylation sites (tertiary alicyclic amines) is 1. The Labute approximate surface area is 132 Å². The number of aromatic amines is 1. The number of amides is 1. The van der Waals surface area contributed by atoms with Gasteiger partial charge in [-0.25, -0.2) is 4.98 Å². The predicted molar refractivity (Wildman–Crippen MR) is 85.7 cm³/mol. The molecule has 1 amide bonds. The maximum absolute atomic E-state index is 12.6. The van der Waals surface area contributed by atoms with Crippen molar-refractivity contribution in [1.29, 1.82) is 0 Å². The Morgan fingerprint density at radius 3 is 3.00 bits per heavy atom. The van der Waals surface area contributed by atoms with Crippen LogP contribution in [0.4, 0.5) is 0 Å². The van der Waals surface area contributed by atoms with Crippen molar-refractivity contribution in [3.8, 4) is 0 Å². The van der Waals surface area contributed by atoms with Crippen LogP contribution < -0.4 is 0 Å². The van der Waals surface area contributed by atoms with Crippen LogP contribution in [0, 0.1) is 0 Å². The summed E-state index contributed by atoms with van der Waals surface area (Å²) in [5, 5.41) is 0. The average molecular weight is 305 g/mol. The zero-order chi connectivity index (χ0) is 15.4. The van der Waals surface area contributed by atoms with Gasteiger partial charge in [0.15, 0.2) is 0 Å². The lowest BCUT2D eigenvalue weighted by Gasteiger charge is -2.33. The second-order valence-electron chi connectivity index (χ2n) is 6.59. The van der Waals surface area contributed by atoms with Crippen LogP contribution in [0.1, 0.15) is 31.0 Å². The van der Waals surface area contributed by atoms with Crippen molar-refractivity contribution in [2.45, 2.75) is 25.2 Å². The minimum Gasteiger partial charge on any atom is -0.348 e. The molecule has 1 atom stereocenters. The van der Waals surface area contributed by atoms with Gasteiger partial charge in [-0.3, -0.25) is 9.69 Å². The number of carbonyl (C=O) groups excluding carboxylic acids is 1. The van der Waals surface area contributed by atoms with E-state index in [-0.39, 0.29) is 5.91 Å². The molecular formula is C16H27N5O. The Hall–Kier alpha value is -1.40. The third-order valence-corrected chi connectivity index (χ3v) is 4.85. The van der Waals surface area contributed by atoms with Gasteiger partial charge in [-0.05, 0) is 39.4 Å². The number of piperidine rings is 1. The summed E-state index contributed by atoms with van der Waals surface area (Å²) in [5.74, 6) is 1.66. The molecule has 1 aromatic rings. The molecule has 3 heterocycles. The number of nitrogens with zero attached hydrogens (tertiary/aromatic N) is 4. The van der Waals surface area contributed by atoms with Gasteiger partial charge in [-0.15, -0.1) is 0 Å². The summed E-state index contributed by atoms with van der Waals surface area (Å²) >= 11 is 0. The first-order valence-corrected chi connectivity index (χ1v) is 8.40. The Morgan fingerprint density at radius 1 is 1.27 bits per heavy atom. The molecule has 2 aliphatic heterocycles. The number of likely N-dealkylation sites (N-methyl/N-ethyl adjacent to an activating group) is 1. The van der Waals surface area contributed by atoms with Gasteiger partial charge in [0.25, 0.3) is 0 Å². The molecule has 2 saturated heterocycles. The summed E-state index contributed by atoms with van der Waals surface area (Å²) < 4.78 is 0. The highest BCUT2D eigenvalue weighted by molar-refractivity contribution is 5.78. The third kappa shape index (κ3) is 3.87. The van der Waals surface area contributed by atoms with E-state index < -0.39 is 0 Å². The molecule has 0 bridgehead atoms. The minimum atomic E-state index is 0.279. The maximum atomic E-state index is 12.6. The summed E-state index contributed by atoms with van der Waals surface area (Å²) in [4.78, 5) is 26.9. The maximum Gasteiger partial charge on any atom is 0.236 e. The van der Waals surface area contributed by atoms with E-state index in [4.69, 9.17) is 0 Å². The van der Waals surface area contributed by atoms with Crippen molar-refractivity contribution in [2.24, 2.45) is 0 Å². The molecule has 2 fully saturated rings. The molecule has 0 spiro atoms. The Bertz CT molecular complexity index is 475. The lowest BCUT2D eigenvalue weighted by Crippen LogP contribution is -2.45. The quantitative estimate of drug-likeness (QED) is 0.895. The third-order valence-electron chi connectivity index (χ3n) is 4.85. The van der Waals surface area contributed by atoms with E-state index in [0.29, 0.717) is 12.5 Å². The highest BCUT2D eigenvalue weighted by Gasteiger charge is 2.27. The number of hydrogen-bond acceptors (Lipinski definition) is 4. The highest BCUT2D eigenvalue weighted by Crippen LogP contribution is 2.24. The van der Waals surface area contributed by atoms with Crippen LogP contribution in [-0.4, -0.2) is 83.4 Å². The van der Waals surface area contributed by atoms with E-state index in [1.54, 1.807) is 6.20 Å². The first-order valence-electron chi connectivity index (χ1n) is 8.40. The van der Waals surface area contributed by atoms with Gasteiger partial charge in [-0.1, -0.05) is 0 Å². The van der Waals surface area contributed by atoms with Crippen molar-refractivity contribution in [2.75, 3.05) is 52.9 Å². The molecule has 0 unspecified atom stereocenters. The summed E-state index contributed by atoms with van der Waals surface area (Å²) in [6, 6.07) is 0. The van der Waals surface area contributed by atoms with Gasteiger partial charge in [0.2, 0.25) is 5.91 Å². The summed E-state index contributed by atoms with van der Waals surface area (Å²) in [7, 11) is 2.16.